The molecule has 0 saturated heterocycles. The van der Waals surface area contributed by atoms with Crippen LogP contribution in [-0.2, 0) is 0 Å². The van der Waals surface area contributed by atoms with Crippen molar-refractivity contribution in [2.75, 3.05) is 13.6 Å². The second-order valence-electron chi connectivity index (χ2n) is 0.604. The van der Waals surface area contributed by atoms with Gasteiger partial charge < -0.3 is 0 Å². The van der Waals surface area contributed by atoms with Crippen LogP contribution in [0.5, 0.6) is 0 Å². The molecule has 0 aromatic carbocycles. The van der Waals surface area contributed by atoms with Crippen LogP contribution in [0.4, 0.5) is 0 Å². The van der Waals surface area contributed by atoms with Gasteiger partial charge in [-0.2, -0.15) is 0 Å². The van der Waals surface area contributed by atoms with Gasteiger partial charge in [0.05, 0.1) is 6.92 Å². The Balaban J connectivity index is 1.97. The van der Waals surface area contributed by atoms with Gasteiger partial charge in [0, 0.05) is 0 Å². The molecule has 0 atom stereocenters. The summed E-state index contributed by atoms with van der Waals surface area (Å²) < 4.78 is 0. The second-order valence-corrected chi connectivity index (χ2v) is 0.604. The van der Waals surface area contributed by atoms with Crippen molar-refractivity contribution in [3.63, 3.8) is 0 Å². The minimum Gasteiger partial charge on any atom is -0.282 e. The van der Waals surface area contributed by atoms with E-state index in [0.717, 1.165) is 6.54 Å². The van der Waals surface area contributed by atoms with Crippen LogP contribution in [0.3, 0.4) is 0 Å². The highest BCUT2D eigenvalue weighted by Crippen LogP contribution is 1.33. The Morgan fingerprint density at radius 1 is 2.00 bits per heavy atom. The van der Waals surface area contributed by atoms with E-state index < -0.39 is 0 Å². The molecule has 0 aliphatic heterocycles. The molecular formula is C3H8N+. The molecule has 24 valence electrons. The Hall–Kier alpha value is -0.170. The van der Waals surface area contributed by atoms with E-state index >= 15 is 0 Å². The van der Waals surface area contributed by atoms with Crippen LogP contribution in [-0.4, -0.2) is 13.6 Å². The van der Waals surface area contributed by atoms with Gasteiger partial charge in [-0.15, -0.1) is 0 Å². The van der Waals surface area contributed by atoms with Gasteiger partial charge in [-0.3, -0.25) is 5.32 Å². The number of nitrogens with one attached hydrogen (secondary N) is 1. The van der Waals surface area contributed by atoms with Gasteiger partial charge in [-0.1, -0.05) is 0 Å². The fraction of sp³-hybridized carbons (Fsp3) is 0.667. The summed E-state index contributed by atoms with van der Waals surface area (Å²) in [7, 11) is 1.87. The van der Waals surface area contributed by atoms with Crippen molar-refractivity contribution in [1.82, 2.24) is 5.32 Å². The summed E-state index contributed by atoms with van der Waals surface area (Å²) in [6.07, 6.45) is 0. The van der Waals surface area contributed by atoms with Crippen LogP contribution in [0.2, 0.25) is 0 Å². The number of hydrogen-bond donors (Lipinski definition) is 1. The Kier molecular flexibility index (Phi) is 2.71. The number of rotatable bonds is 1. The maximum absolute atomic E-state index is 3.49. The molecule has 0 amide bonds. The third-order valence-electron chi connectivity index (χ3n) is 0.250. The van der Waals surface area contributed by atoms with E-state index in [0.29, 0.717) is 0 Å². The Labute approximate surface area is 27.0 Å². The molecule has 1 heteroatoms. The smallest absolute Gasteiger partial charge is 0.136 e. The van der Waals surface area contributed by atoms with E-state index in [1.807, 2.05) is 7.05 Å². The molecule has 0 saturated carbocycles. The highest BCUT2D eigenvalue weighted by molar-refractivity contribution is 4.33. The first-order chi connectivity index (χ1) is 1.91. The fourth-order valence-electron chi connectivity index (χ4n) is 0. The molecule has 0 aromatic heterocycles. The largest absolute Gasteiger partial charge is 0.282 e. The maximum Gasteiger partial charge on any atom is 0.136 e. The van der Waals surface area contributed by atoms with Gasteiger partial charge in [0.25, 0.3) is 0 Å². The highest BCUT2D eigenvalue weighted by Gasteiger charge is 1.59. The van der Waals surface area contributed by atoms with Crippen LogP contribution in [0.25, 0.3) is 0 Å². The van der Waals surface area contributed by atoms with Gasteiger partial charge >= 0.3 is 0 Å². The summed E-state index contributed by atoms with van der Waals surface area (Å²) >= 11 is 0. The molecule has 0 aliphatic rings. The van der Waals surface area contributed by atoms with Crippen LogP contribution >= 0.6 is 0 Å². The summed E-state index contributed by atoms with van der Waals surface area (Å²) in [5.41, 5.74) is 0. The van der Waals surface area contributed by atoms with Crippen molar-refractivity contribution >= 4 is 0 Å². The average molecular weight is 58.1 g/mol. The topological polar surface area (TPSA) is 12.0 Å². The third kappa shape index (κ3) is 1.83. The molecule has 0 aliphatic carbocycles. The molecule has 1 nitrogen and oxygen atoms in total. The first-order valence-corrected chi connectivity index (χ1v) is 1.35. The van der Waals surface area contributed by atoms with Crippen molar-refractivity contribution in [2.45, 2.75) is 0 Å². The highest BCUT2D eigenvalue weighted by atomic mass is 14.8. The van der Waals surface area contributed by atoms with Crippen LogP contribution < -0.4 is 5.32 Å². The molecular weight excluding hydrogens is 50.0 g/mol. The first kappa shape index (κ1) is 3.83. The Morgan fingerprint density at radius 3 is 2.25 bits per heavy atom. The lowest BCUT2D eigenvalue weighted by molar-refractivity contribution is 0.918. The molecule has 4 heavy (non-hydrogen) atoms. The minimum absolute atomic E-state index is 0.819. The lowest BCUT2D eigenvalue weighted by Crippen LogP contribution is -2.01. The molecule has 0 spiro atoms. The Bertz CT molecular complexity index is 5.25. The van der Waals surface area contributed by atoms with E-state index in [-0.39, 0.29) is 0 Å². The van der Waals surface area contributed by atoms with Gasteiger partial charge in [-0.05, 0) is 7.05 Å². The predicted octanol–water partition coefficient (Wildman–Crippen LogP) is 0.0399. The number of hydrogen-bond acceptors (Lipinski definition) is 1. The molecule has 0 unspecified atom stereocenters. The molecule has 0 bridgehead atoms. The monoisotopic (exact) mass is 58.1 g/mol. The molecule has 0 heterocycles. The van der Waals surface area contributed by atoms with E-state index in [4.69, 9.17) is 0 Å². The van der Waals surface area contributed by atoms with E-state index in [2.05, 4.69) is 12.2 Å². The third-order valence-corrected chi connectivity index (χ3v) is 0.250. The van der Waals surface area contributed by atoms with Crippen LogP contribution in [0.15, 0.2) is 0 Å². The maximum atomic E-state index is 3.49. The SMILES string of the molecule is [CH2+]CNC. The normalized spacial score (nSPS) is 7.25. The molecule has 1 N–H and O–H groups in total. The van der Waals surface area contributed by atoms with Gasteiger partial charge in [0.2, 0.25) is 0 Å². The summed E-state index contributed by atoms with van der Waals surface area (Å²) in [6, 6.07) is 0. The summed E-state index contributed by atoms with van der Waals surface area (Å²) in [6.45, 7) is 4.31. The van der Waals surface area contributed by atoms with E-state index in [1.165, 1.54) is 0 Å². The predicted molar refractivity (Wildman–Crippen MR) is 19.3 cm³/mol. The fourth-order valence-corrected chi connectivity index (χ4v) is 0. The van der Waals surface area contributed by atoms with Crippen molar-refractivity contribution in [2.24, 2.45) is 0 Å². The summed E-state index contributed by atoms with van der Waals surface area (Å²) in [4.78, 5) is 0. The standard InChI is InChI=1S/C3H8N/c1-3-4-2/h4H,1,3H2,2H3/q+1. The summed E-state index contributed by atoms with van der Waals surface area (Å²) in [5, 5.41) is 2.82. The van der Waals surface area contributed by atoms with Gasteiger partial charge in [0.1, 0.15) is 6.54 Å². The average Bonchev–Trinajstić information content (AvgIpc) is 1.37. The summed E-state index contributed by atoms with van der Waals surface area (Å²) in [5.74, 6) is 0. The molecule has 0 aromatic rings. The zero-order valence-electron chi connectivity index (χ0n) is 2.91. The molecule has 0 radical (unpaired) electrons. The van der Waals surface area contributed by atoms with Gasteiger partial charge in [0.15, 0.2) is 0 Å². The van der Waals surface area contributed by atoms with Crippen LogP contribution in [0.1, 0.15) is 0 Å². The first-order valence-electron chi connectivity index (χ1n) is 1.35. The zero-order valence-corrected chi connectivity index (χ0v) is 2.91. The van der Waals surface area contributed by atoms with Crippen molar-refractivity contribution < 1.29 is 0 Å². The van der Waals surface area contributed by atoms with Crippen LogP contribution in [0, 0.1) is 6.92 Å². The van der Waals surface area contributed by atoms with E-state index in [1.54, 1.807) is 0 Å². The van der Waals surface area contributed by atoms with Crippen molar-refractivity contribution in [1.29, 1.82) is 0 Å². The zero-order chi connectivity index (χ0) is 3.41. The van der Waals surface area contributed by atoms with Crippen molar-refractivity contribution in [3.8, 4) is 0 Å². The Morgan fingerprint density at radius 2 is 2.25 bits per heavy atom. The van der Waals surface area contributed by atoms with Gasteiger partial charge in [-0.25, -0.2) is 0 Å². The van der Waals surface area contributed by atoms with E-state index in [9.17, 15) is 0 Å². The van der Waals surface area contributed by atoms with Crippen molar-refractivity contribution in [3.05, 3.63) is 6.92 Å². The second kappa shape index (κ2) is 2.83. The lowest BCUT2D eigenvalue weighted by atomic mass is 10.8. The minimum atomic E-state index is 0.819. The lowest BCUT2D eigenvalue weighted by Gasteiger charge is -1.68. The molecule has 0 fully saturated rings. The molecule has 0 rings (SSSR count). The quantitative estimate of drug-likeness (QED) is 0.420.